The average molecular weight is 270 g/mol. The van der Waals surface area contributed by atoms with Gasteiger partial charge in [-0.3, -0.25) is 0 Å². The molecule has 0 radical (unpaired) electrons. The molecule has 0 fully saturated rings. The number of Topliss-reactive ketones (excluding diaryl/α,β-unsaturated/α-hetero) is 1. The van der Waals surface area contributed by atoms with Crippen LogP contribution in [0.3, 0.4) is 0 Å². The number of hydrogen-bond acceptors (Lipinski definition) is 3. The molecule has 0 aliphatic carbocycles. The molecule has 1 rings (SSSR count). The summed E-state index contributed by atoms with van der Waals surface area (Å²) in [5.74, 6) is 1.03. The molecule has 1 aromatic rings. The topological polar surface area (TPSA) is 29.5 Å². The smallest absolute Gasteiger partial charge is 0.142 e. The molecule has 0 aliphatic rings. The molecule has 0 aromatic heterocycles. The summed E-state index contributed by atoms with van der Waals surface area (Å²) in [5.41, 5.74) is 1.95. The van der Waals surface area contributed by atoms with Crippen LogP contribution in [-0.4, -0.2) is 26.5 Å². The first-order chi connectivity index (χ1) is 8.45. The molecule has 0 N–H and O–H groups in total. The van der Waals surface area contributed by atoms with Gasteiger partial charge in [-0.05, 0) is 38.0 Å². The van der Waals surface area contributed by atoms with Crippen LogP contribution in [0.4, 0.5) is 5.69 Å². The van der Waals surface area contributed by atoms with E-state index in [-0.39, 0.29) is 5.78 Å². The van der Waals surface area contributed by atoms with E-state index in [1.165, 1.54) is 0 Å². The maximum atomic E-state index is 10.9. The van der Waals surface area contributed by atoms with Gasteiger partial charge in [0.25, 0.3) is 0 Å². The fraction of sp³-hybridized carbons (Fsp3) is 0.500. The lowest BCUT2D eigenvalue weighted by atomic mass is 10.1. The molecular weight excluding hydrogens is 250 g/mol. The number of anilines is 1. The highest BCUT2D eigenvalue weighted by molar-refractivity contribution is 6.31. The van der Waals surface area contributed by atoms with Crippen molar-refractivity contribution >= 4 is 23.1 Å². The van der Waals surface area contributed by atoms with Gasteiger partial charge in [-0.15, -0.1) is 0 Å². The van der Waals surface area contributed by atoms with E-state index in [9.17, 15) is 4.79 Å². The van der Waals surface area contributed by atoms with Gasteiger partial charge in [0.05, 0.1) is 12.8 Å². The summed E-state index contributed by atoms with van der Waals surface area (Å²) < 4.78 is 5.36. The Morgan fingerprint density at radius 2 is 2.11 bits per heavy atom. The Balaban J connectivity index is 2.80. The number of rotatable bonds is 6. The molecule has 0 aliphatic heterocycles. The summed E-state index contributed by atoms with van der Waals surface area (Å²) in [6, 6.07) is 3.84. The highest BCUT2D eigenvalue weighted by Gasteiger charge is 2.11. The third kappa shape index (κ3) is 3.91. The lowest BCUT2D eigenvalue weighted by Gasteiger charge is -2.22. The van der Waals surface area contributed by atoms with E-state index < -0.39 is 0 Å². The van der Waals surface area contributed by atoms with E-state index in [4.69, 9.17) is 16.3 Å². The van der Waals surface area contributed by atoms with Crippen molar-refractivity contribution in [1.29, 1.82) is 0 Å². The lowest BCUT2D eigenvalue weighted by molar-refractivity contribution is -0.117. The van der Waals surface area contributed by atoms with Crippen molar-refractivity contribution in [2.75, 3.05) is 25.6 Å². The normalized spacial score (nSPS) is 10.3. The van der Waals surface area contributed by atoms with Crippen molar-refractivity contribution in [1.82, 2.24) is 0 Å². The molecule has 0 unspecified atom stereocenters. The van der Waals surface area contributed by atoms with Gasteiger partial charge in [0.2, 0.25) is 0 Å². The quantitative estimate of drug-likeness (QED) is 0.792. The second-order valence-electron chi connectivity index (χ2n) is 4.50. The Morgan fingerprint density at radius 3 is 2.67 bits per heavy atom. The van der Waals surface area contributed by atoms with Crippen molar-refractivity contribution in [2.24, 2.45) is 0 Å². The van der Waals surface area contributed by atoms with Crippen LogP contribution < -0.4 is 9.64 Å². The number of halogens is 1. The van der Waals surface area contributed by atoms with Gasteiger partial charge in [-0.1, -0.05) is 11.6 Å². The Hall–Kier alpha value is -1.22. The third-order valence-corrected chi connectivity index (χ3v) is 3.30. The molecule has 0 saturated carbocycles. The zero-order valence-corrected chi connectivity index (χ0v) is 12.2. The third-order valence-electron chi connectivity index (χ3n) is 2.89. The number of nitrogens with zero attached hydrogens (tertiary/aromatic N) is 1. The van der Waals surface area contributed by atoms with Gasteiger partial charge in [-0.25, -0.2) is 0 Å². The lowest BCUT2D eigenvalue weighted by Crippen LogP contribution is -2.19. The van der Waals surface area contributed by atoms with Gasteiger partial charge in [-0.2, -0.15) is 0 Å². The highest BCUT2D eigenvalue weighted by atomic mass is 35.5. The van der Waals surface area contributed by atoms with Crippen molar-refractivity contribution in [3.8, 4) is 5.75 Å². The fourth-order valence-electron chi connectivity index (χ4n) is 1.79. The summed E-state index contributed by atoms with van der Waals surface area (Å²) in [6.07, 6.45) is 1.44. The molecule has 18 heavy (non-hydrogen) atoms. The van der Waals surface area contributed by atoms with Crippen LogP contribution >= 0.6 is 11.6 Å². The van der Waals surface area contributed by atoms with Crippen LogP contribution in [0, 0.1) is 6.92 Å². The average Bonchev–Trinajstić information content (AvgIpc) is 2.31. The summed E-state index contributed by atoms with van der Waals surface area (Å²) in [5, 5.41) is 0.726. The zero-order valence-electron chi connectivity index (χ0n) is 11.4. The molecule has 0 saturated heterocycles. The number of ketones is 1. The van der Waals surface area contributed by atoms with Gasteiger partial charge in [0.15, 0.2) is 0 Å². The number of benzene rings is 1. The van der Waals surface area contributed by atoms with Crippen LogP contribution in [0.2, 0.25) is 5.02 Å². The number of aryl methyl sites for hydroxylation is 1. The second kappa shape index (κ2) is 6.64. The van der Waals surface area contributed by atoms with E-state index in [1.807, 2.05) is 26.1 Å². The number of ether oxygens (including phenoxy) is 1. The van der Waals surface area contributed by atoms with E-state index in [0.29, 0.717) is 6.42 Å². The van der Waals surface area contributed by atoms with E-state index in [2.05, 4.69) is 4.90 Å². The molecule has 100 valence electrons. The maximum Gasteiger partial charge on any atom is 0.142 e. The van der Waals surface area contributed by atoms with Crippen LogP contribution in [0.1, 0.15) is 25.3 Å². The first-order valence-electron chi connectivity index (χ1n) is 6.00. The van der Waals surface area contributed by atoms with Gasteiger partial charge in [0.1, 0.15) is 11.5 Å². The van der Waals surface area contributed by atoms with Crippen molar-refractivity contribution < 1.29 is 9.53 Å². The predicted molar refractivity (Wildman–Crippen MR) is 75.9 cm³/mol. The molecule has 0 spiro atoms. The number of methoxy groups -OCH3 is 1. The second-order valence-corrected chi connectivity index (χ2v) is 4.91. The summed E-state index contributed by atoms with van der Waals surface area (Å²) in [7, 11) is 3.62. The summed E-state index contributed by atoms with van der Waals surface area (Å²) in [4.78, 5) is 13.0. The van der Waals surface area contributed by atoms with Gasteiger partial charge < -0.3 is 14.4 Å². The SMILES string of the molecule is COc1cc(C)c(Cl)cc1N(C)CCCC(C)=O. The van der Waals surface area contributed by atoms with Crippen molar-refractivity contribution in [2.45, 2.75) is 26.7 Å². The molecule has 0 atom stereocenters. The van der Waals surface area contributed by atoms with Gasteiger partial charge >= 0.3 is 0 Å². The fourth-order valence-corrected chi connectivity index (χ4v) is 1.95. The maximum absolute atomic E-state index is 10.9. The minimum absolute atomic E-state index is 0.220. The molecule has 0 bridgehead atoms. The van der Waals surface area contributed by atoms with Crippen molar-refractivity contribution in [3.05, 3.63) is 22.7 Å². The standard InChI is InChI=1S/C14H20ClNO2/c1-10-8-14(18-4)13(9-12(10)15)16(3)7-5-6-11(2)17/h8-9H,5-7H2,1-4H3. The van der Waals surface area contributed by atoms with Crippen molar-refractivity contribution in [3.63, 3.8) is 0 Å². The van der Waals surface area contributed by atoms with Crippen LogP contribution in [0.5, 0.6) is 5.75 Å². The van der Waals surface area contributed by atoms with Gasteiger partial charge in [0, 0.05) is 25.0 Å². The molecule has 3 nitrogen and oxygen atoms in total. The minimum atomic E-state index is 0.220. The Morgan fingerprint density at radius 1 is 1.44 bits per heavy atom. The molecular formula is C14H20ClNO2. The predicted octanol–water partition coefficient (Wildman–Crippen LogP) is 3.46. The molecule has 4 heteroatoms. The number of carbonyl (C=O) groups is 1. The van der Waals surface area contributed by atoms with E-state index >= 15 is 0 Å². The largest absolute Gasteiger partial charge is 0.495 e. The van der Waals surface area contributed by atoms with Crippen LogP contribution in [-0.2, 0) is 4.79 Å². The molecule has 1 aromatic carbocycles. The summed E-state index contributed by atoms with van der Waals surface area (Å²) >= 11 is 6.14. The van der Waals surface area contributed by atoms with Crippen LogP contribution in [0.25, 0.3) is 0 Å². The number of hydrogen-bond donors (Lipinski definition) is 0. The Bertz CT molecular complexity index is 432. The molecule has 0 amide bonds. The first-order valence-corrected chi connectivity index (χ1v) is 6.38. The Kier molecular flexibility index (Phi) is 5.48. The number of carbonyl (C=O) groups excluding carboxylic acids is 1. The van der Waals surface area contributed by atoms with E-state index in [1.54, 1.807) is 14.0 Å². The highest BCUT2D eigenvalue weighted by Crippen LogP contribution is 2.33. The zero-order chi connectivity index (χ0) is 13.7. The monoisotopic (exact) mass is 269 g/mol. The van der Waals surface area contributed by atoms with Crippen LogP contribution in [0.15, 0.2) is 12.1 Å². The Labute approximate surface area is 114 Å². The molecule has 0 heterocycles. The van der Waals surface area contributed by atoms with E-state index in [0.717, 1.165) is 35.0 Å². The summed E-state index contributed by atoms with van der Waals surface area (Å²) in [6.45, 7) is 4.36. The minimum Gasteiger partial charge on any atom is -0.495 e. The first kappa shape index (κ1) is 14.8.